The number of aromatic nitrogens is 7. The summed E-state index contributed by atoms with van der Waals surface area (Å²) in [6.07, 6.45) is 10.9. The summed E-state index contributed by atoms with van der Waals surface area (Å²) in [4.78, 5) is 35.7. The molecular weight excluding hydrogens is 513 g/mol. The van der Waals surface area contributed by atoms with Crippen LogP contribution in [0.15, 0.2) is 68.0 Å². The smallest absolute Gasteiger partial charge is 0.246 e. The Morgan fingerprint density at radius 1 is 1.18 bits per heavy atom. The molecule has 1 aromatic carbocycles. The van der Waals surface area contributed by atoms with Crippen molar-refractivity contribution in [3.8, 4) is 11.5 Å². The molecule has 0 saturated heterocycles. The lowest BCUT2D eigenvalue weighted by atomic mass is 10.1. The molecule has 0 unspecified atom stereocenters. The first-order chi connectivity index (χ1) is 19.5. The normalized spacial score (nSPS) is 13.7. The Bertz CT molecular complexity index is 1800. The number of nitrogens with one attached hydrogen (secondary N) is 1. The number of allylic oxidation sites excluding steroid dienone is 1. The maximum absolute atomic E-state index is 15.5. The van der Waals surface area contributed by atoms with Crippen LogP contribution in [0.25, 0.3) is 22.3 Å². The zero-order valence-electron chi connectivity index (χ0n) is 21.6. The fourth-order valence-corrected chi connectivity index (χ4v) is 4.50. The van der Waals surface area contributed by atoms with Crippen LogP contribution < -0.4 is 10.1 Å². The molecule has 0 spiro atoms. The van der Waals surface area contributed by atoms with Crippen LogP contribution in [0.4, 0.5) is 15.9 Å². The summed E-state index contributed by atoms with van der Waals surface area (Å²) in [5.74, 6) is 1.15. The summed E-state index contributed by atoms with van der Waals surface area (Å²) in [6, 6.07) is 6.72. The van der Waals surface area contributed by atoms with E-state index in [0.717, 1.165) is 12.0 Å². The maximum Gasteiger partial charge on any atom is 0.246 e. The first-order valence-electron chi connectivity index (χ1n) is 12.6. The van der Waals surface area contributed by atoms with Crippen LogP contribution in [-0.4, -0.2) is 58.4 Å². The number of rotatable bonds is 6. The number of hydrogen-bond acceptors (Lipinski definition) is 9. The highest BCUT2D eigenvalue weighted by Crippen LogP contribution is 2.33. The fraction of sp³-hybridized carbons (Fsp3) is 0.179. The average Bonchev–Trinajstić information content (AvgIpc) is 3.31. The Kier molecular flexibility index (Phi) is 6.56. The molecule has 5 aromatic rings. The second-order valence-electron chi connectivity index (χ2n) is 9.17. The van der Waals surface area contributed by atoms with Crippen molar-refractivity contribution in [1.29, 1.82) is 0 Å². The third-order valence-corrected chi connectivity index (χ3v) is 6.65. The Balaban J connectivity index is 1.27. The first-order valence-corrected chi connectivity index (χ1v) is 12.6. The molecule has 1 amide bonds. The topological polar surface area (TPSA) is 123 Å². The molecule has 1 aliphatic rings. The van der Waals surface area contributed by atoms with Gasteiger partial charge in [-0.3, -0.25) is 4.79 Å². The SMILES string of the molecule is C=CC(=O)N1CC=C(c2ncc3ncnc(Nc4ccc(Oc5ccn6ncnc6c5)c(C)c4F)c3n2)CCC1. The number of fused-ring (bicyclic) bond motifs is 2. The molecule has 1 aliphatic heterocycles. The number of amides is 1. The van der Waals surface area contributed by atoms with Gasteiger partial charge in [0.05, 0.1) is 11.9 Å². The number of anilines is 2. The van der Waals surface area contributed by atoms with Gasteiger partial charge in [0.2, 0.25) is 5.91 Å². The predicted octanol–water partition coefficient (Wildman–Crippen LogP) is 4.64. The van der Waals surface area contributed by atoms with Gasteiger partial charge < -0.3 is 15.0 Å². The summed E-state index contributed by atoms with van der Waals surface area (Å²) >= 11 is 0. The standard InChI is InChI=1S/C28H24FN9O2/c1-3-24(39)37-10-4-5-18(8-11-37)27-30-14-21-26(36-27)28(33-15-31-21)35-20-6-7-22(17(2)25(20)29)40-19-9-12-38-23(13-19)32-16-34-38/h3,6-9,12-16H,1,4-5,10-11H2,2H3,(H,31,33,35). The van der Waals surface area contributed by atoms with Crippen LogP contribution >= 0.6 is 0 Å². The zero-order chi connectivity index (χ0) is 27.6. The molecule has 0 atom stereocenters. The summed E-state index contributed by atoms with van der Waals surface area (Å²) < 4.78 is 23.1. The van der Waals surface area contributed by atoms with Crippen molar-refractivity contribution in [2.45, 2.75) is 19.8 Å². The molecule has 0 fully saturated rings. The molecule has 1 N–H and O–H groups in total. The van der Waals surface area contributed by atoms with Crippen LogP contribution in [0.5, 0.6) is 11.5 Å². The van der Waals surface area contributed by atoms with Crippen molar-refractivity contribution >= 4 is 39.7 Å². The van der Waals surface area contributed by atoms with Crippen molar-refractivity contribution in [3.05, 3.63) is 85.2 Å². The van der Waals surface area contributed by atoms with Crippen LogP contribution in [-0.2, 0) is 4.79 Å². The minimum atomic E-state index is -0.486. The molecule has 12 heteroatoms. The van der Waals surface area contributed by atoms with E-state index in [9.17, 15) is 4.79 Å². The van der Waals surface area contributed by atoms with Gasteiger partial charge >= 0.3 is 0 Å². The molecule has 0 radical (unpaired) electrons. The number of ether oxygens (including phenoxy) is 1. The van der Waals surface area contributed by atoms with E-state index in [1.54, 1.807) is 53.0 Å². The van der Waals surface area contributed by atoms with E-state index in [2.05, 4.69) is 36.9 Å². The summed E-state index contributed by atoms with van der Waals surface area (Å²) in [5, 5.41) is 7.12. The second-order valence-corrected chi connectivity index (χ2v) is 9.17. The van der Waals surface area contributed by atoms with Crippen molar-refractivity contribution in [3.63, 3.8) is 0 Å². The van der Waals surface area contributed by atoms with Gasteiger partial charge in [-0.2, -0.15) is 5.10 Å². The van der Waals surface area contributed by atoms with Crippen molar-refractivity contribution in [2.75, 3.05) is 18.4 Å². The van der Waals surface area contributed by atoms with Gasteiger partial charge in [0.25, 0.3) is 0 Å². The highest BCUT2D eigenvalue weighted by Gasteiger charge is 2.18. The summed E-state index contributed by atoms with van der Waals surface area (Å²) in [6.45, 7) is 6.29. The lowest BCUT2D eigenvalue weighted by molar-refractivity contribution is -0.125. The van der Waals surface area contributed by atoms with E-state index < -0.39 is 5.82 Å². The first kappa shape index (κ1) is 25.0. The van der Waals surface area contributed by atoms with Crippen LogP contribution in [0.1, 0.15) is 24.2 Å². The Labute approximate surface area is 228 Å². The highest BCUT2D eigenvalue weighted by molar-refractivity contribution is 5.88. The number of hydrogen-bond donors (Lipinski definition) is 1. The van der Waals surface area contributed by atoms with Gasteiger partial charge in [-0.25, -0.2) is 33.8 Å². The molecule has 0 bridgehead atoms. The van der Waals surface area contributed by atoms with Crippen LogP contribution in [0, 0.1) is 12.7 Å². The van der Waals surface area contributed by atoms with E-state index in [-0.39, 0.29) is 11.6 Å². The Morgan fingerprint density at radius 3 is 2.95 bits per heavy atom. The van der Waals surface area contributed by atoms with Gasteiger partial charge in [0.1, 0.15) is 35.2 Å². The molecule has 5 heterocycles. The van der Waals surface area contributed by atoms with Gasteiger partial charge in [0.15, 0.2) is 23.1 Å². The van der Waals surface area contributed by atoms with E-state index in [0.29, 0.717) is 64.9 Å². The van der Waals surface area contributed by atoms with E-state index in [1.165, 1.54) is 18.7 Å². The molecule has 11 nitrogen and oxygen atoms in total. The van der Waals surface area contributed by atoms with Gasteiger partial charge in [0, 0.05) is 30.9 Å². The molecule has 0 saturated carbocycles. The number of nitrogens with zero attached hydrogens (tertiary/aromatic N) is 8. The quantitative estimate of drug-likeness (QED) is 0.309. The monoisotopic (exact) mass is 537 g/mol. The zero-order valence-corrected chi connectivity index (χ0v) is 21.6. The van der Waals surface area contributed by atoms with E-state index in [1.807, 2.05) is 6.08 Å². The molecule has 0 aliphatic carbocycles. The van der Waals surface area contributed by atoms with Gasteiger partial charge in [-0.15, -0.1) is 0 Å². The Hall–Kier alpha value is -5.26. The molecule has 6 rings (SSSR count). The predicted molar refractivity (Wildman–Crippen MR) is 147 cm³/mol. The largest absolute Gasteiger partial charge is 0.457 e. The number of carbonyl (C=O) groups is 1. The van der Waals surface area contributed by atoms with Crippen molar-refractivity contribution in [2.24, 2.45) is 0 Å². The van der Waals surface area contributed by atoms with Crippen molar-refractivity contribution < 1.29 is 13.9 Å². The second kappa shape index (κ2) is 10.5. The summed E-state index contributed by atoms with van der Waals surface area (Å²) in [7, 11) is 0. The third kappa shape index (κ3) is 4.82. The number of halogens is 1. The Morgan fingerprint density at radius 2 is 2.08 bits per heavy atom. The summed E-state index contributed by atoms with van der Waals surface area (Å²) in [5.41, 5.74) is 3.04. The third-order valence-electron chi connectivity index (χ3n) is 6.65. The van der Waals surface area contributed by atoms with Crippen LogP contribution in [0.3, 0.4) is 0 Å². The fourth-order valence-electron chi connectivity index (χ4n) is 4.50. The number of pyridine rings is 1. The number of carbonyl (C=O) groups excluding carboxylic acids is 1. The van der Waals surface area contributed by atoms with E-state index >= 15 is 4.39 Å². The van der Waals surface area contributed by atoms with Crippen molar-refractivity contribution in [1.82, 2.24) is 39.4 Å². The lowest BCUT2D eigenvalue weighted by Crippen LogP contribution is -2.29. The molecule has 40 heavy (non-hydrogen) atoms. The average molecular weight is 538 g/mol. The van der Waals surface area contributed by atoms with Crippen LogP contribution in [0.2, 0.25) is 0 Å². The molecule has 200 valence electrons. The minimum Gasteiger partial charge on any atom is -0.457 e. The van der Waals surface area contributed by atoms with Gasteiger partial charge in [-0.05, 0) is 49.6 Å². The molecule has 4 aromatic heterocycles. The van der Waals surface area contributed by atoms with E-state index in [4.69, 9.17) is 9.72 Å². The molecular formula is C28H24FN9O2. The highest BCUT2D eigenvalue weighted by atomic mass is 19.1. The minimum absolute atomic E-state index is 0.109. The maximum atomic E-state index is 15.5. The number of benzene rings is 1. The lowest BCUT2D eigenvalue weighted by Gasteiger charge is -2.16. The van der Waals surface area contributed by atoms with Gasteiger partial charge in [-0.1, -0.05) is 12.7 Å².